The van der Waals surface area contributed by atoms with Gasteiger partial charge in [0.2, 0.25) is 0 Å². The van der Waals surface area contributed by atoms with Crippen LogP contribution in [0.2, 0.25) is 0 Å². The van der Waals surface area contributed by atoms with Crippen molar-refractivity contribution in [2.24, 2.45) is 0 Å². The summed E-state index contributed by atoms with van der Waals surface area (Å²) in [5.41, 5.74) is 2.57. The molecule has 2 aromatic rings. The Bertz CT molecular complexity index is 905. The van der Waals surface area contributed by atoms with Crippen LogP contribution in [0.5, 0.6) is 0 Å². The number of para-hydroxylation sites is 2. The van der Waals surface area contributed by atoms with E-state index in [4.69, 9.17) is 0 Å². The van der Waals surface area contributed by atoms with Crippen LogP contribution in [-0.4, -0.2) is 43.3 Å². The zero-order valence-corrected chi connectivity index (χ0v) is 15.8. The van der Waals surface area contributed by atoms with Gasteiger partial charge in [-0.2, -0.15) is 0 Å². The number of unbranched alkanes of at least 4 members (excludes halogenated alkanes) is 1. The van der Waals surface area contributed by atoms with Crippen LogP contribution in [0, 0.1) is 0 Å². The van der Waals surface area contributed by atoms with Crippen molar-refractivity contribution in [1.82, 2.24) is 4.90 Å². The summed E-state index contributed by atoms with van der Waals surface area (Å²) < 4.78 is 0. The molecule has 0 atom stereocenters. The highest BCUT2D eigenvalue weighted by Gasteiger charge is 2.35. The van der Waals surface area contributed by atoms with Crippen molar-refractivity contribution in [2.45, 2.75) is 19.8 Å². The number of nitrogens with zero attached hydrogens (tertiary/aromatic N) is 2. The summed E-state index contributed by atoms with van der Waals surface area (Å²) in [5.74, 6) is -0.931. The summed E-state index contributed by atoms with van der Waals surface area (Å²) in [6.45, 7) is 2.41. The molecule has 2 aromatic carbocycles. The molecule has 1 aliphatic heterocycles. The van der Waals surface area contributed by atoms with Crippen molar-refractivity contribution in [3.8, 4) is 0 Å². The molecule has 3 amide bonds. The molecule has 6 nitrogen and oxygen atoms in total. The van der Waals surface area contributed by atoms with E-state index in [1.54, 1.807) is 12.1 Å². The molecule has 1 heterocycles. The lowest BCUT2D eigenvalue weighted by atomic mass is 10.1. The zero-order valence-electron chi connectivity index (χ0n) is 15.8. The van der Waals surface area contributed by atoms with E-state index in [9.17, 15) is 14.4 Å². The number of fused-ring (bicyclic) bond motifs is 1. The predicted molar refractivity (Wildman–Crippen MR) is 105 cm³/mol. The van der Waals surface area contributed by atoms with E-state index in [0.717, 1.165) is 18.5 Å². The summed E-state index contributed by atoms with van der Waals surface area (Å²) in [6, 6.07) is 12.1. The molecule has 27 heavy (non-hydrogen) atoms. The molecule has 6 heteroatoms. The van der Waals surface area contributed by atoms with E-state index in [-0.39, 0.29) is 17.7 Å². The van der Waals surface area contributed by atoms with E-state index in [1.807, 2.05) is 50.2 Å². The first kappa shape index (κ1) is 18.6. The first-order valence-electron chi connectivity index (χ1n) is 9.02. The van der Waals surface area contributed by atoms with Gasteiger partial charge in [-0.05, 0) is 36.8 Å². The molecule has 0 bridgehead atoms. The molecule has 0 unspecified atom stereocenters. The number of hydrogen-bond acceptors (Lipinski definition) is 4. The van der Waals surface area contributed by atoms with Crippen molar-refractivity contribution in [2.75, 3.05) is 30.9 Å². The molecule has 3 rings (SSSR count). The Morgan fingerprint density at radius 1 is 1.04 bits per heavy atom. The van der Waals surface area contributed by atoms with E-state index < -0.39 is 0 Å². The predicted octanol–water partition coefficient (Wildman–Crippen LogP) is 3.40. The van der Waals surface area contributed by atoms with Crippen LogP contribution in [-0.2, 0) is 0 Å². The van der Waals surface area contributed by atoms with Gasteiger partial charge in [0, 0.05) is 26.2 Å². The first-order chi connectivity index (χ1) is 12.9. The molecular formula is C21H23N3O3. The molecule has 1 N–H and O–H groups in total. The third-order valence-corrected chi connectivity index (χ3v) is 4.60. The normalized spacial score (nSPS) is 12.9. The third-order valence-electron chi connectivity index (χ3n) is 4.60. The Balaban J connectivity index is 1.85. The smallest absolute Gasteiger partial charge is 0.261 e. The van der Waals surface area contributed by atoms with Gasteiger partial charge >= 0.3 is 0 Å². The van der Waals surface area contributed by atoms with Gasteiger partial charge < -0.3 is 10.2 Å². The van der Waals surface area contributed by atoms with Crippen molar-refractivity contribution in [3.63, 3.8) is 0 Å². The van der Waals surface area contributed by atoms with E-state index in [0.29, 0.717) is 28.9 Å². The van der Waals surface area contributed by atoms with Gasteiger partial charge in [-0.1, -0.05) is 25.5 Å². The van der Waals surface area contributed by atoms with Crippen LogP contribution in [0.15, 0.2) is 42.5 Å². The fourth-order valence-corrected chi connectivity index (χ4v) is 3.12. The molecule has 0 spiro atoms. The SMILES string of the molecule is CCCCN1C(=O)c2ccc(C(=O)Nc3ccccc3N(C)C)cc2C1=O. The lowest BCUT2D eigenvalue weighted by molar-refractivity contribution is 0.0652. The van der Waals surface area contributed by atoms with Gasteiger partial charge in [0.25, 0.3) is 17.7 Å². The summed E-state index contributed by atoms with van der Waals surface area (Å²) in [4.78, 5) is 40.8. The maximum absolute atomic E-state index is 12.7. The van der Waals surface area contributed by atoms with E-state index in [1.165, 1.54) is 11.0 Å². The van der Waals surface area contributed by atoms with Crippen LogP contribution in [0.1, 0.15) is 50.8 Å². The van der Waals surface area contributed by atoms with Crippen molar-refractivity contribution in [3.05, 3.63) is 59.2 Å². The third kappa shape index (κ3) is 3.56. The van der Waals surface area contributed by atoms with Crippen LogP contribution >= 0.6 is 0 Å². The van der Waals surface area contributed by atoms with Gasteiger partial charge in [0.15, 0.2) is 0 Å². The van der Waals surface area contributed by atoms with Crippen LogP contribution in [0.4, 0.5) is 11.4 Å². The quantitative estimate of drug-likeness (QED) is 0.797. The largest absolute Gasteiger partial charge is 0.376 e. The Labute approximate surface area is 158 Å². The minimum Gasteiger partial charge on any atom is -0.376 e. The molecule has 0 fully saturated rings. The Kier molecular flexibility index (Phi) is 5.26. The number of nitrogens with one attached hydrogen (secondary N) is 1. The molecule has 140 valence electrons. The van der Waals surface area contributed by atoms with Crippen LogP contribution < -0.4 is 10.2 Å². The second-order valence-corrected chi connectivity index (χ2v) is 6.74. The zero-order chi connectivity index (χ0) is 19.6. The van der Waals surface area contributed by atoms with E-state index >= 15 is 0 Å². The minimum atomic E-state index is -0.327. The van der Waals surface area contributed by atoms with Gasteiger partial charge in [-0.15, -0.1) is 0 Å². The number of carbonyl (C=O) groups excluding carboxylic acids is 3. The average molecular weight is 365 g/mol. The second kappa shape index (κ2) is 7.61. The minimum absolute atomic E-state index is 0.284. The topological polar surface area (TPSA) is 69.7 Å². The fourth-order valence-electron chi connectivity index (χ4n) is 3.12. The maximum atomic E-state index is 12.7. The van der Waals surface area contributed by atoms with Crippen LogP contribution in [0.25, 0.3) is 0 Å². The highest BCUT2D eigenvalue weighted by atomic mass is 16.2. The molecule has 0 aromatic heterocycles. The lowest BCUT2D eigenvalue weighted by Gasteiger charge is -2.17. The summed E-state index contributed by atoms with van der Waals surface area (Å²) >= 11 is 0. The molecule has 0 radical (unpaired) electrons. The number of benzene rings is 2. The van der Waals surface area contributed by atoms with E-state index in [2.05, 4.69) is 5.32 Å². The van der Waals surface area contributed by atoms with Crippen molar-refractivity contribution in [1.29, 1.82) is 0 Å². The highest BCUT2D eigenvalue weighted by Crippen LogP contribution is 2.27. The standard InChI is InChI=1S/C21H23N3O3/c1-4-5-12-24-20(26)15-11-10-14(13-16(15)21(24)27)19(25)22-17-8-6-7-9-18(17)23(2)3/h6-11,13H,4-5,12H2,1-3H3,(H,22,25). The summed E-state index contributed by atoms with van der Waals surface area (Å²) in [7, 11) is 3.80. The number of rotatable bonds is 6. The number of imide groups is 1. The summed E-state index contributed by atoms with van der Waals surface area (Å²) in [5, 5.41) is 2.88. The number of hydrogen-bond donors (Lipinski definition) is 1. The number of anilines is 2. The number of amides is 3. The average Bonchev–Trinajstić information content (AvgIpc) is 2.90. The Morgan fingerprint density at radius 3 is 2.44 bits per heavy atom. The lowest BCUT2D eigenvalue weighted by Crippen LogP contribution is -2.30. The Morgan fingerprint density at radius 2 is 1.74 bits per heavy atom. The Hall–Kier alpha value is -3.15. The molecule has 0 saturated heterocycles. The second-order valence-electron chi connectivity index (χ2n) is 6.74. The number of carbonyl (C=O) groups is 3. The van der Waals surface area contributed by atoms with Crippen molar-refractivity contribution < 1.29 is 14.4 Å². The maximum Gasteiger partial charge on any atom is 0.261 e. The molecular weight excluding hydrogens is 342 g/mol. The first-order valence-corrected chi connectivity index (χ1v) is 9.02. The monoisotopic (exact) mass is 365 g/mol. The molecule has 0 aliphatic carbocycles. The van der Waals surface area contributed by atoms with Crippen LogP contribution in [0.3, 0.4) is 0 Å². The van der Waals surface area contributed by atoms with Crippen molar-refractivity contribution >= 4 is 29.1 Å². The molecule has 0 saturated carbocycles. The summed E-state index contributed by atoms with van der Waals surface area (Å²) in [6.07, 6.45) is 1.66. The van der Waals surface area contributed by atoms with Gasteiger partial charge in [-0.3, -0.25) is 19.3 Å². The van der Waals surface area contributed by atoms with Gasteiger partial charge in [-0.25, -0.2) is 0 Å². The van der Waals surface area contributed by atoms with Gasteiger partial charge in [0.05, 0.1) is 22.5 Å². The molecule has 1 aliphatic rings. The van der Waals surface area contributed by atoms with Gasteiger partial charge in [0.1, 0.15) is 0 Å². The highest BCUT2D eigenvalue weighted by molar-refractivity contribution is 6.22. The fraction of sp³-hybridized carbons (Fsp3) is 0.286.